The van der Waals surface area contributed by atoms with Crippen molar-refractivity contribution in [2.24, 2.45) is 33.9 Å². The van der Waals surface area contributed by atoms with Crippen LogP contribution in [0, 0.1) is 34.5 Å². The molecular formula is C24H33N7O2. The fraction of sp³-hybridized carbons (Fsp3) is 0.708. The maximum atomic E-state index is 12.0. The van der Waals surface area contributed by atoms with Crippen LogP contribution in [0.15, 0.2) is 23.5 Å². The first-order valence-electron chi connectivity index (χ1n) is 12.1. The molecular weight excluding hydrogens is 418 g/mol. The van der Waals surface area contributed by atoms with E-state index in [4.69, 9.17) is 10.7 Å². The van der Waals surface area contributed by atoms with Gasteiger partial charge in [-0.1, -0.05) is 0 Å². The van der Waals surface area contributed by atoms with Gasteiger partial charge in [0.1, 0.15) is 5.84 Å². The number of carboxylic acid groups (broad SMARTS) is 1. The quantitative estimate of drug-likeness (QED) is 0.495. The van der Waals surface area contributed by atoms with Gasteiger partial charge in [0.15, 0.2) is 0 Å². The predicted octanol–water partition coefficient (Wildman–Crippen LogP) is 1.91. The Labute approximate surface area is 194 Å². The molecule has 1 saturated heterocycles. The third-order valence-electron chi connectivity index (χ3n) is 8.75. The van der Waals surface area contributed by atoms with Crippen molar-refractivity contribution in [2.75, 3.05) is 31.1 Å². The Morgan fingerprint density at radius 3 is 2.45 bits per heavy atom. The lowest BCUT2D eigenvalue weighted by Crippen LogP contribution is -2.62. The van der Waals surface area contributed by atoms with Crippen LogP contribution in [0.3, 0.4) is 0 Å². The summed E-state index contributed by atoms with van der Waals surface area (Å²) in [6.45, 7) is 5.03. The van der Waals surface area contributed by atoms with Crippen LogP contribution >= 0.6 is 0 Å². The zero-order valence-electron chi connectivity index (χ0n) is 19.2. The van der Waals surface area contributed by atoms with Crippen molar-refractivity contribution in [1.82, 2.24) is 14.9 Å². The lowest BCUT2D eigenvalue weighted by Gasteiger charge is -2.57. The van der Waals surface area contributed by atoms with Crippen LogP contribution < -0.4 is 10.6 Å². The molecule has 1 aromatic rings. The molecule has 3 atom stereocenters. The van der Waals surface area contributed by atoms with E-state index in [-0.39, 0.29) is 24.3 Å². The zero-order chi connectivity index (χ0) is 23.2. The van der Waals surface area contributed by atoms with Gasteiger partial charge >= 0.3 is 5.97 Å². The minimum atomic E-state index is -0.641. The molecule has 9 heteroatoms. The summed E-state index contributed by atoms with van der Waals surface area (Å²) in [4.78, 5) is 30.2. The van der Waals surface area contributed by atoms with Gasteiger partial charge in [-0.05, 0) is 62.8 Å². The molecule has 2 heterocycles. The molecule has 1 aliphatic heterocycles. The molecule has 4 saturated carbocycles. The fourth-order valence-corrected chi connectivity index (χ4v) is 7.14. The molecule has 0 amide bonds. The molecule has 0 aromatic carbocycles. The van der Waals surface area contributed by atoms with E-state index in [0.717, 1.165) is 51.4 Å². The number of carboxylic acids is 1. The van der Waals surface area contributed by atoms with E-state index in [9.17, 15) is 15.2 Å². The smallest absolute Gasteiger partial charge is 0.309 e. The van der Waals surface area contributed by atoms with Crippen molar-refractivity contribution >= 4 is 17.8 Å². The molecule has 9 nitrogen and oxygen atoms in total. The van der Waals surface area contributed by atoms with Gasteiger partial charge < -0.3 is 15.7 Å². The van der Waals surface area contributed by atoms with Crippen LogP contribution in [0.1, 0.15) is 45.4 Å². The maximum absolute atomic E-state index is 12.0. The van der Waals surface area contributed by atoms with E-state index in [0.29, 0.717) is 24.6 Å². The Kier molecular flexibility index (Phi) is 5.52. The molecule has 5 fully saturated rings. The molecule has 0 spiro atoms. The lowest BCUT2D eigenvalue weighted by molar-refractivity contribution is -0.166. The Morgan fingerprint density at radius 1 is 1.24 bits per heavy atom. The molecule has 4 aliphatic carbocycles. The number of hydrogen-bond acceptors (Lipinski definition) is 7. The Balaban J connectivity index is 1.33. The number of carbonyl (C=O) groups is 1. The fourth-order valence-electron chi connectivity index (χ4n) is 7.14. The van der Waals surface area contributed by atoms with E-state index in [1.165, 1.54) is 0 Å². The minimum Gasteiger partial charge on any atom is -0.481 e. The first-order valence-corrected chi connectivity index (χ1v) is 12.1. The van der Waals surface area contributed by atoms with Gasteiger partial charge in [-0.25, -0.2) is 9.97 Å². The SMILES string of the molecule is CC(CC#N)(C(N)=NC1C2CC3CC1CC(C(=O)O)(C3)C2)N1CCN(c2ncccn2)CC1. The highest BCUT2D eigenvalue weighted by molar-refractivity contribution is 5.90. The average molecular weight is 452 g/mol. The summed E-state index contributed by atoms with van der Waals surface area (Å²) in [7, 11) is 0. The van der Waals surface area contributed by atoms with Gasteiger partial charge in [-0.2, -0.15) is 5.26 Å². The van der Waals surface area contributed by atoms with Gasteiger partial charge in [-0.15, -0.1) is 0 Å². The summed E-state index contributed by atoms with van der Waals surface area (Å²) in [5.41, 5.74) is 5.50. The highest BCUT2D eigenvalue weighted by Gasteiger charge is 2.59. The third-order valence-corrected chi connectivity index (χ3v) is 8.75. The molecule has 3 unspecified atom stereocenters. The number of nitrogens with two attached hydrogens (primary N) is 1. The van der Waals surface area contributed by atoms with Crippen molar-refractivity contribution in [3.05, 3.63) is 18.5 Å². The summed E-state index contributed by atoms with van der Waals surface area (Å²) in [6, 6.07) is 4.22. The number of hydrogen-bond donors (Lipinski definition) is 2. The van der Waals surface area contributed by atoms with Crippen LogP contribution in [0.25, 0.3) is 0 Å². The first-order chi connectivity index (χ1) is 15.8. The maximum Gasteiger partial charge on any atom is 0.309 e. The van der Waals surface area contributed by atoms with Crippen LogP contribution in [0.5, 0.6) is 0 Å². The highest BCUT2D eigenvalue weighted by Crippen LogP contribution is 2.61. The number of piperazine rings is 1. The molecule has 3 N–H and O–H groups in total. The van der Waals surface area contributed by atoms with Gasteiger partial charge in [-0.3, -0.25) is 14.7 Å². The number of aromatic nitrogens is 2. The normalized spacial score (nSPS) is 35.8. The number of nitriles is 1. The molecule has 4 bridgehead atoms. The van der Waals surface area contributed by atoms with Crippen LogP contribution in [0.2, 0.25) is 0 Å². The number of nitrogens with zero attached hydrogens (tertiary/aromatic N) is 6. The molecule has 176 valence electrons. The van der Waals surface area contributed by atoms with Crippen molar-refractivity contribution in [3.63, 3.8) is 0 Å². The zero-order valence-corrected chi connectivity index (χ0v) is 19.2. The van der Waals surface area contributed by atoms with E-state index >= 15 is 0 Å². The topological polar surface area (TPSA) is 132 Å². The monoisotopic (exact) mass is 451 g/mol. The number of aliphatic imine (C=N–C) groups is 1. The van der Waals surface area contributed by atoms with Gasteiger partial charge in [0.2, 0.25) is 5.95 Å². The van der Waals surface area contributed by atoms with E-state index < -0.39 is 16.9 Å². The minimum absolute atomic E-state index is 0.0750. The van der Waals surface area contributed by atoms with Crippen molar-refractivity contribution in [2.45, 2.75) is 57.0 Å². The Morgan fingerprint density at radius 2 is 1.88 bits per heavy atom. The largest absolute Gasteiger partial charge is 0.481 e. The lowest BCUT2D eigenvalue weighted by atomic mass is 9.48. The molecule has 0 radical (unpaired) electrons. The summed E-state index contributed by atoms with van der Waals surface area (Å²) in [5.74, 6) is 1.68. The van der Waals surface area contributed by atoms with Crippen LogP contribution in [-0.2, 0) is 4.79 Å². The predicted molar refractivity (Wildman–Crippen MR) is 123 cm³/mol. The summed E-state index contributed by atoms with van der Waals surface area (Å²) < 4.78 is 0. The molecule has 5 aliphatic rings. The van der Waals surface area contributed by atoms with Crippen molar-refractivity contribution in [1.29, 1.82) is 5.26 Å². The molecule has 6 rings (SSSR count). The molecule has 1 aromatic heterocycles. The Hall–Kier alpha value is -2.73. The Bertz CT molecular complexity index is 953. The standard InChI is InChI=1S/C24H33N7O2/c1-23(3-4-25,31-9-7-30(8-10-31)22-27-5-2-6-28-22)20(26)29-19-17-11-16-12-18(19)15-24(13-16,14-17)21(32)33/h2,5-6,16-19H,3,7-15H2,1H3,(H2,26,29)(H,32,33). The first kappa shape index (κ1) is 22.1. The summed E-state index contributed by atoms with van der Waals surface area (Å²) in [6.07, 6.45) is 8.12. The van der Waals surface area contributed by atoms with E-state index in [2.05, 4.69) is 25.8 Å². The average Bonchev–Trinajstić information content (AvgIpc) is 2.81. The van der Waals surface area contributed by atoms with Gasteiger partial charge in [0, 0.05) is 38.6 Å². The van der Waals surface area contributed by atoms with Crippen LogP contribution in [-0.4, -0.2) is 69.5 Å². The number of rotatable bonds is 6. The van der Waals surface area contributed by atoms with Crippen molar-refractivity contribution < 1.29 is 9.90 Å². The molecule has 33 heavy (non-hydrogen) atoms. The second-order valence-corrected chi connectivity index (χ2v) is 10.7. The second-order valence-electron chi connectivity index (χ2n) is 10.7. The van der Waals surface area contributed by atoms with Gasteiger partial charge in [0.25, 0.3) is 0 Å². The van der Waals surface area contributed by atoms with Crippen LogP contribution in [0.4, 0.5) is 5.95 Å². The highest BCUT2D eigenvalue weighted by atomic mass is 16.4. The second kappa shape index (κ2) is 8.24. The summed E-state index contributed by atoms with van der Waals surface area (Å²) in [5, 5.41) is 19.5. The van der Waals surface area contributed by atoms with Crippen molar-refractivity contribution in [3.8, 4) is 6.07 Å². The van der Waals surface area contributed by atoms with Gasteiger partial charge in [0.05, 0.1) is 29.5 Å². The third kappa shape index (κ3) is 3.74. The summed E-state index contributed by atoms with van der Waals surface area (Å²) >= 11 is 0. The van der Waals surface area contributed by atoms with E-state index in [1.54, 1.807) is 12.4 Å². The van der Waals surface area contributed by atoms with E-state index in [1.807, 2.05) is 13.0 Å². The number of aliphatic carboxylic acids is 1. The number of amidine groups is 1. The number of anilines is 1.